The number of para-hydroxylation sites is 2. The number of hydrogen-bond donors (Lipinski definition) is 3. The maximum atomic E-state index is 13.4. The third kappa shape index (κ3) is 5.48. The second kappa shape index (κ2) is 9.73. The summed E-state index contributed by atoms with van der Waals surface area (Å²) in [6.07, 6.45) is 2.17. The first-order chi connectivity index (χ1) is 15.1. The summed E-state index contributed by atoms with van der Waals surface area (Å²) in [6, 6.07) is 7.16. The minimum absolute atomic E-state index is 0.143. The monoisotopic (exact) mass is 458 g/mol. The van der Waals surface area contributed by atoms with Gasteiger partial charge in [-0.3, -0.25) is 14.4 Å². The van der Waals surface area contributed by atoms with Gasteiger partial charge in [0, 0.05) is 11.3 Å². The first-order valence-corrected chi connectivity index (χ1v) is 11.5. The molecular weight excluding hydrogens is 428 g/mol. The molecule has 0 radical (unpaired) electrons. The fraction of sp³-hybridized carbons (Fsp3) is 0.458. The van der Waals surface area contributed by atoms with Gasteiger partial charge in [0.25, 0.3) is 5.91 Å². The van der Waals surface area contributed by atoms with Crippen LogP contribution in [0.4, 0.5) is 10.7 Å². The molecule has 172 valence electrons. The minimum Gasteiger partial charge on any atom is -0.495 e. The Bertz CT molecular complexity index is 1020. The second-order valence-electron chi connectivity index (χ2n) is 9.11. The zero-order chi connectivity index (χ0) is 23.5. The summed E-state index contributed by atoms with van der Waals surface area (Å²) < 4.78 is 5.34. The highest BCUT2D eigenvalue weighted by atomic mass is 32.1. The van der Waals surface area contributed by atoms with Crippen molar-refractivity contribution in [1.29, 1.82) is 0 Å². The van der Waals surface area contributed by atoms with Gasteiger partial charge in [-0.25, -0.2) is 0 Å². The van der Waals surface area contributed by atoms with Crippen molar-refractivity contribution >= 4 is 39.8 Å². The number of thiophene rings is 1. The van der Waals surface area contributed by atoms with Gasteiger partial charge in [0.05, 0.1) is 24.8 Å². The number of fused-ring (bicyclic) bond motifs is 1. The molecule has 1 aliphatic rings. The van der Waals surface area contributed by atoms with Crippen molar-refractivity contribution in [2.75, 3.05) is 17.7 Å². The number of benzene rings is 1. The normalized spacial score (nSPS) is 15.6. The maximum Gasteiger partial charge on any atom is 0.303 e. The number of carboxylic acids is 1. The molecule has 1 aromatic heterocycles. The Morgan fingerprint density at radius 3 is 2.53 bits per heavy atom. The molecule has 3 N–H and O–H groups in total. The first kappa shape index (κ1) is 23.8. The van der Waals surface area contributed by atoms with Crippen molar-refractivity contribution in [2.24, 2.45) is 11.3 Å². The molecule has 0 aliphatic heterocycles. The fourth-order valence-corrected chi connectivity index (χ4v) is 5.34. The summed E-state index contributed by atoms with van der Waals surface area (Å²) in [6.45, 7) is 6.67. The summed E-state index contributed by atoms with van der Waals surface area (Å²) in [4.78, 5) is 37.7. The molecule has 0 fully saturated rings. The van der Waals surface area contributed by atoms with Gasteiger partial charge in [0.15, 0.2) is 0 Å². The van der Waals surface area contributed by atoms with E-state index in [0.29, 0.717) is 27.9 Å². The van der Waals surface area contributed by atoms with Crippen LogP contribution < -0.4 is 15.4 Å². The summed E-state index contributed by atoms with van der Waals surface area (Å²) in [5.74, 6) is -0.730. The number of anilines is 2. The van der Waals surface area contributed by atoms with Crippen LogP contribution in [0, 0.1) is 11.3 Å². The Labute approximate surface area is 192 Å². The van der Waals surface area contributed by atoms with Crippen molar-refractivity contribution < 1.29 is 24.2 Å². The quantitative estimate of drug-likeness (QED) is 0.544. The molecule has 0 unspecified atom stereocenters. The standard InChI is InChI=1S/C24H30N2O5S/c1-24(2,3)14-9-10-15-18(13-14)32-23(26-19(27)11-12-20(28)29)21(15)22(30)25-16-7-5-6-8-17(16)31-4/h5-8,14H,9-13H2,1-4H3,(H,25,30)(H,26,27)(H,28,29)/t14-/m1/s1. The van der Waals surface area contributed by atoms with E-state index in [1.54, 1.807) is 12.1 Å². The number of methoxy groups -OCH3 is 1. The van der Waals surface area contributed by atoms with Crippen LogP contribution in [0.1, 0.15) is 60.8 Å². The van der Waals surface area contributed by atoms with Crippen LogP contribution in [0.2, 0.25) is 0 Å². The van der Waals surface area contributed by atoms with Gasteiger partial charge in [0.1, 0.15) is 10.8 Å². The van der Waals surface area contributed by atoms with E-state index in [1.165, 1.54) is 18.4 Å². The molecule has 7 nitrogen and oxygen atoms in total. The van der Waals surface area contributed by atoms with Gasteiger partial charge in [-0.1, -0.05) is 32.9 Å². The molecule has 0 saturated carbocycles. The lowest BCUT2D eigenvalue weighted by atomic mass is 9.72. The fourth-order valence-electron chi connectivity index (χ4n) is 4.00. The zero-order valence-electron chi connectivity index (χ0n) is 18.9. The average Bonchev–Trinajstić information content (AvgIpc) is 3.09. The molecule has 0 spiro atoms. The predicted octanol–water partition coefficient (Wildman–Crippen LogP) is 4.96. The van der Waals surface area contributed by atoms with Gasteiger partial charge in [-0.15, -0.1) is 11.3 Å². The number of ether oxygens (including phenoxy) is 1. The number of carbonyl (C=O) groups excluding carboxylic acids is 2. The van der Waals surface area contributed by atoms with Crippen molar-refractivity contribution in [1.82, 2.24) is 0 Å². The molecule has 32 heavy (non-hydrogen) atoms. The van der Waals surface area contributed by atoms with E-state index < -0.39 is 11.9 Å². The van der Waals surface area contributed by atoms with Gasteiger partial charge >= 0.3 is 5.97 Å². The molecule has 1 aromatic carbocycles. The van der Waals surface area contributed by atoms with Crippen LogP contribution in [0.25, 0.3) is 0 Å². The number of nitrogens with one attached hydrogen (secondary N) is 2. The van der Waals surface area contributed by atoms with Crippen molar-refractivity contribution in [3.05, 3.63) is 40.3 Å². The Hall–Kier alpha value is -2.87. The lowest BCUT2D eigenvalue weighted by Gasteiger charge is -2.33. The van der Waals surface area contributed by atoms with Crippen LogP contribution in [0.5, 0.6) is 5.75 Å². The molecule has 2 amide bonds. The van der Waals surface area contributed by atoms with Crippen LogP contribution >= 0.6 is 11.3 Å². The van der Waals surface area contributed by atoms with Crippen molar-refractivity contribution in [2.45, 2.75) is 52.9 Å². The Kier molecular flexibility index (Phi) is 7.23. The number of carbonyl (C=O) groups is 3. The van der Waals surface area contributed by atoms with E-state index in [0.717, 1.165) is 29.7 Å². The smallest absolute Gasteiger partial charge is 0.303 e. The van der Waals surface area contributed by atoms with Crippen molar-refractivity contribution in [3.8, 4) is 5.75 Å². The number of hydrogen-bond acceptors (Lipinski definition) is 5. The van der Waals surface area contributed by atoms with E-state index in [9.17, 15) is 14.4 Å². The molecule has 2 aromatic rings. The average molecular weight is 459 g/mol. The molecule has 8 heteroatoms. The molecule has 1 heterocycles. The van der Waals surface area contributed by atoms with E-state index in [-0.39, 0.29) is 24.2 Å². The molecule has 3 rings (SSSR count). The van der Waals surface area contributed by atoms with E-state index >= 15 is 0 Å². The maximum absolute atomic E-state index is 13.4. The Morgan fingerprint density at radius 2 is 1.88 bits per heavy atom. The third-order valence-electron chi connectivity index (χ3n) is 5.89. The van der Waals surface area contributed by atoms with Crippen LogP contribution in [0.15, 0.2) is 24.3 Å². The van der Waals surface area contributed by atoms with Gasteiger partial charge in [-0.2, -0.15) is 0 Å². The zero-order valence-corrected chi connectivity index (χ0v) is 19.7. The van der Waals surface area contributed by atoms with Gasteiger partial charge in [0.2, 0.25) is 5.91 Å². The number of carboxylic acid groups (broad SMARTS) is 1. The number of aliphatic carboxylic acids is 1. The topological polar surface area (TPSA) is 105 Å². The predicted molar refractivity (Wildman–Crippen MR) is 126 cm³/mol. The number of rotatable bonds is 7. The molecule has 0 bridgehead atoms. The minimum atomic E-state index is -1.03. The lowest BCUT2D eigenvalue weighted by molar-refractivity contribution is -0.138. The number of amides is 2. The molecule has 1 aliphatic carbocycles. The highest BCUT2D eigenvalue weighted by Crippen LogP contribution is 2.44. The highest BCUT2D eigenvalue weighted by Gasteiger charge is 2.34. The lowest BCUT2D eigenvalue weighted by Crippen LogP contribution is -2.27. The Balaban J connectivity index is 1.93. The molecular formula is C24H30N2O5S. The third-order valence-corrected chi connectivity index (χ3v) is 7.06. The van der Waals surface area contributed by atoms with E-state index in [4.69, 9.17) is 9.84 Å². The van der Waals surface area contributed by atoms with Gasteiger partial charge in [-0.05, 0) is 48.3 Å². The first-order valence-electron chi connectivity index (χ1n) is 10.7. The van der Waals surface area contributed by atoms with Crippen molar-refractivity contribution in [3.63, 3.8) is 0 Å². The summed E-state index contributed by atoms with van der Waals surface area (Å²) in [5, 5.41) is 15.1. The molecule has 0 saturated heterocycles. The van der Waals surface area contributed by atoms with Crippen LogP contribution in [0.3, 0.4) is 0 Å². The van der Waals surface area contributed by atoms with Crippen LogP contribution in [-0.2, 0) is 22.4 Å². The van der Waals surface area contributed by atoms with Gasteiger partial charge < -0.3 is 20.5 Å². The summed E-state index contributed by atoms with van der Waals surface area (Å²) in [7, 11) is 1.54. The second-order valence-corrected chi connectivity index (χ2v) is 10.2. The molecule has 1 atom stereocenters. The SMILES string of the molecule is COc1ccccc1NC(=O)c1c(NC(=O)CCC(=O)O)sc2c1CC[C@@H](C(C)(C)C)C2. The summed E-state index contributed by atoms with van der Waals surface area (Å²) >= 11 is 1.42. The van der Waals surface area contributed by atoms with E-state index in [1.807, 2.05) is 12.1 Å². The largest absolute Gasteiger partial charge is 0.495 e. The van der Waals surface area contributed by atoms with Crippen LogP contribution in [-0.4, -0.2) is 30.0 Å². The highest BCUT2D eigenvalue weighted by molar-refractivity contribution is 7.17. The Morgan fingerprint density at radius 1 is 1.16 bits per heavy atom. The summed E-state index contributed by atoms with van der Waals surface area (Å²) in [5.41, 5.74) is 2.13. The van der Waals surface area contributed by atoms with E-state index in [2.05, 4.69) is 31.4 Å².